The molecule has 2 aliphatic carbocycles. The fourth-order valence-electron chi connectivity index (χ4n) is 7.38. The maximum absolute atomic E-state index is 13.8. The van der Waals surface area contributed by atoms with Gasteiger partial charge in [0.15, 0.2) is 28.6 Å². The Labute approximate surface area is 393 Å². The number of phenolic OH excluding ortho intramolecular Hbond substituents is 1. The number of aryl methyl sites for hydroxylation is 2. The lowest BCUT2D eigenvalue weighted by atomic mass is 10.0. The molecule has 0 unspecified atom stereocenters. The zero-order chi connectivity index (χ0) is 48.5. The van der Waals surface area contributed by atoms with Gasteiger partial charge in [0, 0.05) is 64.2 Å². The Morgan fingerprint density at radius 1 is 0.721 bits per heavy atom. The van der Waals surface area contributed by atoms with Gasteiger partial charge in [0.05, 0.1) is 54.2 Å². The molecule has 2 saturated carbocycles. The lowest BCUT2D eigenvalue weighted by Crippen LogP contribution is -2.26. The van der Waals surface area contributed by atoms with Crippen LogP contribution in [0.25, 0.3) is 33.8 Å². The summed E-state index contributed by atoms with van der Waals surface area (Å²) in [7, 11) is 0. The van der Waals surface area contributed by atoms with Crippen LogP contribution in [-0.4, -0.2) is 73.2 Å². The van der Waals surface area contributed by atoms with Crippen LogP contribution in [-0.2, 0) is 0 Å². The number of aromatic nitrogens is 4. The van der Waals surface area contributed by atoms with Gasteiger partial charge in [0.25, 0.3) is 11.8 Å². The molecule has 4 heterocycles. The van der Waals surface area contributed by atoms with Gasteiger partial charge in [-0.05, 0) is 109 Å². The zero-order valence-electron chi connectivity index (χ0n) is 36.5. The Balaban J connectivity index is 0.000000189. The third-order valence-electron chi connectivity index (χ3n) is 11.1. The molecule has 68 heavy (non-hydrogen) atoms. The van der Waals surface area contributed by atoms with E-state index in [2.05, 4.69) is 47.2 Å². The number of halogens is 8. The molecule has 0 saturated heterocycles. The highest BCUT2D eigenvalue weighted by Gasteiger charge is 2.29. The molecule has 7 aromatic rings. The van der Waals surface area contributed by atoms with Crippen LogP contribution in [0.15, 0.2) is 96.0 Å². The molecular weight excluding hydrogens is 965 g/mol. The number of aromatic hydroxyl groups is 1. The first-order valence-electron chi connectivity index (χ1n) is 21.6. The topological polar surface area (TPSA) is 146 Å². The number of phenols is 1. The van der Waals surface area contributed by atoms with E-state index < -0.39 is 43.3 Å². The Morgan fingerprint density at radius 2 is 1.21 bits per heavy atom. The minimum absolute atomic E-state index is 0.0708. The van der Waals surface area contributed by atoms with Gasteiger partial charge in [-0.25, -0.2) is 14.4 Å². The van der Waals surface area contributed by atoms with Crippen LogP contribution in [0.3, 0.4) is 0 Å². The van der Waals surface area contributed by atoms with Crippen molar-refractivity contribution in [3.05, 3.63) is 124 Å². The van der Waals surface area contributed by atoms with Gasteiger partial charge in [-0.3, -0.25) is 18.4 Å². The number of nitrogens with zero attached hydrogens (tertiary/aromatic N) is 4. The maximum Gasteiger partial charge on any atom is 0.390 e. The minimum atomic E-state index is -4.35. The lowest BCUT2D eigenvalue weighted by Gasteiger charge is -2.14. The molecule has 356 valence electrons. The molecule has 2 fully saturated rings. The van der Waals surface area contributed by atoms with E-state index >= 15 is 0 Å². The van der Waals surface area contributed by atoms with Gasteiger partial charge >= 0.3 is 12.4 Å². The molecule has 0 atom stereocenters. The summed E-state index contributed by atoms with van der Waals surface area (Å²) in [5.74, 6) is -1.81. The Bertz CT molecular complexity index is 3020. The number of hydrogen-bond donors (Lipinski definition) is 5. The van der Waals surface area contributed by atoms with E-state index in [1.165, 1.54) is 18.2 Å². The van der Waals surface area contributed by atoms with E-state index in [-0.39, 0.29) is 47.6 Å². The number of ether oxygens (including phenoxy) is 1. The quantitative estimate of drug-likeness (QED) is 0.0677. The molecule has 3 aromatic carbocycles. The number of para-hydroxylation sites is 1. The van der Waals surface area contributed by atoms with Crippen molar-refractivity contribution in [2.45, 2.75) is 76.8 Å². The van der Waals surface area contributed by atoms with Crippen LogP contribution < -0.4 is 26.0 Å². The second-order valence-electron chi connectivity index (χ2n) is 16.7. The Kier molecular flexibility index (Phi) is 13.6. The molecule has 0 spiro atoms. The number of benzene rings is 3. The summed E-state index contributed by atoms with van der Waals surface area (Å²) < 4.78 is 99.4. The van der Waals surface area contributed by atoms with Crippen LogP contribution in [0.1, 0.15) is 70.4 Å². The summed E-state index contributed by atoms with van der Waals surface area (Å²) in [6, 6.07) is 18.3. The number of rotatable bonds is 14. The molecule has 2 aliphatic rings. The van der Waals surface area contributed by atoms with Crippen LogP contribution in [0.4, 0.5) is 42.1 Å². The molecule has 0 bridgehead atoms. The average Bonchev–Trinajstić information content (AvgIpc) is 4.18. The van der Waals surface area contributed by atoms with Gasteiger partial charge in [-0.2, -0.15) is 26.3 Å². The number of amides is 2. The summed E-state index contributed by atoms with van der Waals surface area (Å²) in [6.45, 7) is 3.07. The van der Waals surface area contributed by atoms with Crippen molar-refractivity contribution in [2.75, 3.05) is 23.7 Å². The van der Waals surface area contributed by atoms with Crippen molar-refractivity contribution in [1.29, 1.82) is 0 Å². The van der Waals surface area contributed by atoms with E-state index in [9.17, 15) is 45.4 Å². The number of pyridine rings is 2. The third-order valence-corrected chi connectivity index (χ3v) is 11.6. The fourth-order valence-corrected chi connectivity index (χ4v) is 7.81. The number of hydrogen-bond acceptors (Lipinski definition) is 8. The van der Waals surface area contributed by atoms with Crippen LogP contribution >= 0.6 is 15.9 Å². The van der Waals surface area contributed by atoms with Crippen molar-refractivity contribution < 1.29 is 50.2 Å². The summed E-state index contributed by atoms with van der Waals surface area (Å²) in [6.07, 6.45) is 0.0329. The van der Waals surface area contributed by atoms with Gasteiger partial charge in [0.1, 0.15) is 5.75 Å². The molecule has 0 radical (unpaired) electrons. The number of imidazole rings is 2. The van der Waals surface area contributed by atoms with E-state index in [0.717, 1.165) is 54.1 Å². The van der Waals surface area contributed by atoms with Gasteiger partial charge in [-0.1, -0.05) is 18.2 Å². The van der Waals surface area contributed by atoms with E-state index in [4.69, 9.17) is 4.74 Å². The van der Waals surface area contributed by atoms with Crippen molar-refractivity contribution in [3.8, 4) is 39.8 Å². The first-order chi connectivity index (χ1) is 32.3. The molecule has 2 amide bonds. The van der Waals surface area contributed by atoms with Crippen molar-refractivity contribution >= 4 is 50.4 Å². The smallest absolute Gasteiger partial charge is 0.390 e. The Morgan fingerprint density at radius 3 is 1.68 bits per heavy atom. The average molecular weight is 1010 g/mol. The molecular formula is C48H44BrF7N8O4. The van der Waals surface area contributed by atoms with Crippen LogP contribution in [0.2, 0.25) is 0 Å². The number of anilines is 2. The summed E-state index contributed by atoms with van der Waals surface area (Å²) >= 11 is 3.42. The monoisotopic (exact) mass is 1010 g/mol. The molecule has 5 N–H and O–H groups in total. The van der Waals surface area contributed by atoms with Crippen LogP contribution in [0, 0.1) is 19.7 Å². The number of fused-ring (bicyclic) bond motifs is 2. The first kappa shape index (κ1) is 47.7. The molecule has 9 rings (SSSR count). The lowest BCUT2D eigenvalue weighted by molar-refractivity contribution is -0.132. The SMILES string of the molecule is Cc1cc(-c2cnc3c(NCCC(F)(F)F)cc(Br)cn23)ccc1C(=O)NC1CC1.Cc1cc(-c2cnc3c(NCCC(F)(F)F)cc(Oc4cccc(F)c4O)cn23)ccc1C(=O)NC1CC1. The van der Waals surface area contributed by atoms with Gasteiger partial charge in [-0.15, -0.1) is 0 Å². The van der Waals surface area contributed by atoms with E-state index in [1.54, 1.807) is 47.3 Å². The first-order valence-corrected chi connectivity index (χ1v) is 22.4. The van der Waals surface area contributed by atoms with Crippen LogP contribution in [0.5, 0.6) is 17.2 Å². The second kappa shape index (κ2) is 19.4. The minimum Gasteiger partial charge on any atom is -0.502 e. The van der Waals surface area contributed by atoms with Gasteiger partial charge in [0.2, 0.25) is 0 Å². The third kappa shape index (κ3) is 11.6. The highest BCUT2D eigenvalue weighted by atomic mass is 79.9. The summed E-state index contributed by atoms with van der Waals surface area (Å²) in [4.78, 5) is 33.7. The summed E-state index contributed by atoms with van der Waals surface area (Å²) in [5.41, 5.74) is 7.36. The summed E-state index contributed by atoms with van der Waals surface area (Å²) in [5, 5.41) is 21.6. The highest BCUT2D eigenvalue weighted by Crippen LogP contribution is 2.37. The maximum atomic E-state index is 13.8. The molecule has 12 nitrogen and oxygen atoms in total. The van der Waals surface area contributed by atoms with E-state index in [1.807, 2.05) is 42.6 Å². The van der Waals surface area contributed by atoms with E-state index in [0.29, 0.717) is 43.8 Å². The Hall–Kier alpha value is -6.83. The largest absolute Gasteiger partial charge is 0.502 e. The van der Waals surface area contributed by atoms with Crippen molar-refractivity contribution in [1.82, 2.24) is 29.4 Å². The standard InChI is InChI=1S/C27H24F4N4O3.C21H20BrF3N4O/c1-15-11-16(5-8-19(15)26(37)34-17-6-7-17)22-13-33-25-21(32-10-9-27(29,30)31)12-18(14-35(22)25)38-23-4-2-3-20(28)24(23)36;1-12-8-13(2-5-16(12)20(30)28-15-3-4-15)18-10-27-19-17(9-14(22)11-29(18)19)26-7-6-21(23,24)25/h2-5,8,11-14,17,32,36H,6-7,9-10H2,1H3,(H,34,37);2,5,8-11,15,26H,3-4,6-7H2,1H3,(H,28,30). The molecule has 0 aliphatic heterocycles. The second-order valence-corrected chi connectivity index (χ2v) is 17.6. The molecule has 4 aromatic heterocycles. The fraction of sp³-hybridized carbons (Fsp3) is 0.292. The normalized spacial score (nSPS) is 13.8. The molecule has 20 heteroatoms. The number of carbonyl (C=O) groups is 2. The number of nitrogens with one attached hydrogen (secondary N) is 4. The highest BCUT2D eigenvalue weighted by molar-refractivity contribution is 9.10. The number of alkyl halides is 6. The van der Waals surface area contributed by atoms with Crippen molar-refractivity contribution in [3.63, 3.8) is 0 Å². The predicted molar refractivity (Wildman–Crippen MR) is 246 cm³/mol. The predicted octanol–water partition coefficient (Wildman–Crippen LogP) is 11.5. The van der Waals surface area contributed by atoms with Gasteiger partial charge < -0.3 is 31.1 Å². The number of carbonyl (C=O) groups excluding carboxylic acids is 2. The van der Waals surface area contributed by atoms with Crippen molar-refractivity contribution in [2.24, 2.45) is 0 Å². The zero-order valence-corrected chi connectivity index (χ0v) is 38.0.